The van der Waals surface area contributed by atoms with Crippen LogP contribution in [0.5, 0.6) is 0 Å². The number of hydrogen-bond acceptors (Lipinski definition) is 2. The highest BCUT2D eigenvalue weighted by molar-refractivity contribution is 5.00. The zero-order chi connectivity index (χ0) is 10.7. The summed E-state index contributed by atoms with van der Waals surface area (Å²) in [7, 11) is 0. The van der Waals surface area contributed by atoms with E-state index in [9.17, 15) is 5.11 Å². The SMILES string of the molecule is CC(O)C(C)Cc1ccn(C(C)C)n1. The minimum atomic E-state index is -0.265. The lowest BCUT2D eigenvalue weighted by Crippen LogP contribution is -2.16. The van der Waals surface area contributed by atoms with Crippen molar-refractivity contribution >= 4 is 0 Å². The molecular weight excluding hydrogens is 176 g/mol. The zero-order valence-corrected chi connectivity index (χ0v) is 9.44. The third-order valence-electron chi connectivity index (χ3n) is 2.55. The fourth-order valence-corrected chi connectivity index (χ4v) is 1.27. The van der Waals surface area contributed by atoms with Crippen molar-refractivity contribution in [1.29, 1.82) is 0 Å². The Morgan fingerprint density at radius 3 is 2.43 bits per heavy atom. The van der Waals surface area contributed by atoms with Crippen LogP contribution in [0.4, 0.5) is 0 Å². The predicted octanol–water partition coefficient (Wildman–Crippen LogP) is 2.02. The van der Waals surface area contributed by atoms with Crippen LogP contribution >= 0.6 is 0 Å². The Morgan fingerprint density at radius 2 is 2.00 bits per heavy atom. The summed E-state index contributed by atoms with van der Waals surface area (Å²) in [5.74, 6) is 0.269. The van der Waals surface area contributed by atoms with E-state index in [-0.39, 0.29) is 12.0 Å². The maximum Gasteiger partial charge on any atom is 0.0628 e. The van der Waals surface area contributed by atoms with Gasteiger partial charge in [0, 0.05) is 12.2 Å². The highest BCUT2D eigenvalue weighted by Crippen LogP contribution is 2.11. The lowest BCUT2D eigenvalue weighted by molar-refractivity contribution is 0.134. The summed E-state index contributed by atoms with van der Waals surface area (Å²) in [6.07, 6.45) is 2.57. The highest BCUT2D eigenvalue weighted by atomic mass is 16.3. The van der Waals surface area contributed by atoms with Crippen LogP contribution in [0.1, 0.15) is 39.4 Å². The number of nitrogens with zero attached hydrogens (tertiary/aromatic N) is 2. The zero-order valence-electron chi connectivity index (χ0n) is 9.44. The first-order chi connectivity index (χ1) is 6.50. The largest absolute Gasteiger partial charge is 0.393 e. The van der Waals surface area contributed by atoms with Crippen LogP contribution < -0.4 is 0 Å². The Balaban J connectivity index is 2.60. The van der Waals surface area contributed by atoms with Gasteiger partial charge < -0.3 is 5.11 Å². The van der Waals surface area contributed by atoms with Crippen LogP contribution in [-0.2, 0) is 6.42 Å². The molecule has 0 saturated heterocycles. The van der Waals surface area contributed by atoms with Gasteiger partial charge >= 0.3 is 0 Å². The second-order valence-electron chi connectivity index (χ2n) is 4.30. The van der Waals surface area contributed by atoms with Gasteiger partial charge in [0.15, 0.2) is 0 Å². The van der Waals surface area contributed by atoms with Gasteiger partial charge in [-0.3, -0.25) is 4.68 Å². The molecule has 1 aromatic heterocycles. The molecule has 80 valence electrons. The van der Waals surface area contributed by atoms with E-state index in [1.807, 2.05) is 30.8 Å². The molecule has 0 aliphatic rings. The van der Waals surface area contributed by atoms with Gasteiger partial charge in [-0.15, -0.1) is 0 Å². The minimum Gasteiger partial charge on any atom is -0.393 e. The molecule has 1 rings (SSSR count). The first kappa shape index (κ1) is 11.2. The van der Waals surface area contributed by atoms with E-state index in [4.69, 9.17) is 0 Å². The Kier molecular flexibility index (Phi) is 3.69. The van der Waals surface area contributed by atoms with E-state index < -0.39 is 0 Å². The third-order valence-corrected chi connectivity index (χ3v) is 2.55. The van der Waals surface area contributed by atoms with Gasteiger partial charge in [0.1, 0.15) is 0 Å². The van der Waals surface area contributed by atoms with Crippen LogP contribution in [-0.4, -0.2) is 21.0 Å². The second-order valence-corrected chi connectivity index (χ2v) is 4.30. The number of aliphatic hydroxyl groups is 1. The summed E-state index contributed by atoms with van der Waals surface area (Å²) in [4.78, 5) is 0. The van der Waals surface area contributed by atoms with Crippen molar-refractivity contribution in [3.05, 3.63) is 18.0 Å². The van der Waals surface area contributed by atoms with Crippen LogP contribution in [0.2, 0.25) is 0 Å². The topological polar surface area (TPSA) is 38.0 Å². The summed E-state index contributed by atoms with van der Waals surface area (Å²) in [6, 6.07) is 2.43. The van der Waals surface area contributed by atoms with Crippen LogP contribution in [0.25, 0.3) is 0 Å². The fourth-order valence-electron chi connectivity index (χ4n) is 1.27. The summed E-state index contributed by atoms with van der Waals surface area (Å²) in [5, 5.41) is 13.8. The minimum absolute atomic E-state index is 0.265. The molecular formula is C11H20N2O. The van der Waals surface area contributed by atoms with E-state index in [1.165, 1.54) is 0 Å². The van der Waals surface area contributed by atoms with Crippen molar-refractivity contribution in [1.82, 2.24) is 9.78 Å². The Morgan fingerprint density at radius 1 is 1.36 bits per heavy atom. The second kappa shape index (κ2) is 4.60. The molecule has 1 aromatic rings. The molecule has 14 heavy (non-hydrogen) atoms. The third kappa shape index (κ3) is 2.84. The Labute approximate surface area is 85.8 Å². The average molecular weight is 196 g/mol. The van der Waals surface area contributed by atoms with E-state index in [2.05, 4.69) is 18.9 Å². The maximum absolute atomic E-state index is 9.36. The van der Waals surface area contributed by atoms with E-state index in [1.54, 1.807) is 0 Å². The normalized spacial score (nSPS) is 15.9. The van der Waals surface area contributed by atoms with Crippen molar-refractivity contribution in [2.24, 2.45) is 5.92 Å². The summed E-state index contributed by atoms with van der Waals surface area (Å²) in [6.45, 7) is 8.08. The van der Waals surface area contributed by atoms with Crippen molar-refractivity contribution in [3.8, 4) is 0 Å². The van der Waals surface area contributed by atoms with Gasteiger partial charge in [0.2, 0.25) is 0 Å². The number of aliphatic hydroxyl groups excluding tert-OH is 1. The van der Waals surface area contributed by atoms with E-state index in [0.29, 0.717) is 6.04 Å². The van der Waals surface area contributed by atoms with Gasteiger partial charge in [-0.05, 0) is 39.2 Å². The van der Waals surface area contributed by atoms with Gasteiger partial charge in [-0.1, -0.05) is 6.92 Å². The molecule has 0 aliphatic carbocycles. The first-order valence-corrected chi connectivity index (χ1v) is 5.22. The first-order valence-electron chi connectivity index (χ1n) is 5.22. The standard InChI is InChI=1S/C11H20N2O/c1-8(2)13-6-5-11(12-13)7-9(3)10(4)14/h5-6,8-10,14H,7H2,1-4H3. The van der Waals surface area contributed by atoms with E-state index >= 15 is 0 Å². The van der Waals surface area contributed by atoms with Gasteiger partial charge in [-0.25, -0.2) is 0 Å². The molecule has 1 N–H and O–H groups in total. The number of aromatic nitrogens is 2. The van der Waals surface area contributed by atoms with Crippen molar-refractivity contribution in [2.45, 2.75) is 46.3 Å². The average Bonchev–Trinajstić information content (AvgIpc) is 2.52. The van der Waals surface area contributed by atoms with Crippen molar-refractivity contribution in [2.75, 3.05) is 0 Å². The Bertz CT molecular complexity index is 279. The predicted molar refractivity (Wildman–Crippen MR) is 57.2 cm³/mol. The van der Waals surface area contributed by atoms with Crippen LogP contribution in [0.3, 0.4) is 0 Å². The summed E-state index contributed by atoms with van der Waals surface area (Å²) >= 11 is 0. The number of hydrogen-bond donors (Lipinski definition) is 1. The highest BCUT2D eigenvalue weighted by Gasteiger charge is 2.11. The lowest BCUT2D eigenvalue weighted by Gasteiger charge is -2.12. The molecule has 0 spiro atoms. The molecule has 2 atom stereocenters. The summed E-state index contributed by atoms with van der Waals surface area (Å²) < 4.78 is 1.95. The molecule has 0 radical (unpaired) electrons. The van der Waals surface area contributed by atoms with Gasteiger partial charge in [0.05, 0.1) is 11.8 Å². The fraction of sp³-hybridized carbons (Fsp3) is 0.727. The maximum atomic E-state index is 9.36. The van der Waals surface area contributed by atoms with E-state index in [0.717, 1.165) is 12.1 Å². The molecule has 0 saturated carbocycles. The van der Waals surface area contributed by atoms with Crippen LogP contribution in [0.15, 0.2) is 12.3 Å². The molecule has 0 aromatic carbocycles. The quantitative estimate of drug-likeness (QED) is 0.800. The molecule has 0 fully saturated rings. The number of rotatable bonds is 4. The molecule has 1 heterocycles. The van der Waals surface area contributed by atoms with Crippen LogP contribution in [0, 0.1) is 5.92 Å². The van der Waals surface area contributed by atoms with Crippen molar-refractivity contribution < 1.29 is 5.11 Å². The molecule has 2 unspecified atom stereocenters. The van der Waals surface area contributed by atoms with Gasteiger partial charge in [0.25, 0.3) is 0 Å². The van der Waals surface area contributed by atoms with Crippen molar-refractivity contribution in [3.63, 3.8) is 0 Å². The van der Waals surface area contributed by atoms with Gasteiger partial charge in [-0.2, -0.15) is 5.10 Å². The Hall–Kier alpha value is -0.830. The molecule has 0 aliphatic heterocycles. The molecule has 3 nitrogen and oxygen atoms in total. The lowest BCUT2D eigenvalue weighted by atomic mass is 10.0. The smallest absolute Gasteiger partial charge is 0.0628 e. The molecule has 3 heteroatoms. The monoisotopic (exact) mass is 196 g/mol. The molecule has 0 bridgehead atoms. The summed E-state index contributed by atoms with van der Waals surface area (Å²) in [5.41, 5.74) is 1.06. The molecule has 0 amide bonds.